The summed E-state index contributed by atoms with van der Waals surface area (Å²) in [6, 6.07) is 3.39. The maximum absolute atomic E-state index is 12.1. The standard InChI is InChI=1S/C14H18N3O6P/c1-9-6-10-12(7-11(9)16-2-4-23-5-3-16)17(8-24(20,21)22)14(19)13(18)15-10/h6-7H,2-5,8H2,1H3,(H,15,18)(H2,20,21,22). The van der Waals surface area contributed by atoms with Gasteiger partial charge < -0.3 is 24.4 Å². The molecule has 1 fully saturated rings. The lowest BCUT2D eigenvalue weighted by atomic mass is 10.1. The Kier molecular flexibility index (Phi) is 4.35. The van der Waals surface area contributed by atoms with Gasteiger partial charge in [-0.05, 0) is 24.6 Å². The average molecular weight is 355 g/mol. The molecule has 3 N–H and O–H groups in total. The van der Waals surface area contributed by atoms with Crippen molar-refractivity contribution in [3.8, 4) is 0 Å². The number of anilines is 1. The number of aryl methyl sites for hydroxylation is 1. The Morgan fingerprint density at radius 3 is 2.54 bits per heavy atom. The van der Waals surface area contributed by atoms with Crippen molar-refractivity contribution < 1.29 is 19.1 Å². The number of aromatic amines is 1. The fourth-order valence-electron chi connectivity index (χ4n) is 2.89. The molecule has 1 aliphatic heterocycles. The molecular formula is C14H18N3O6P. The molecule has 0 saturated carbocycles. The van der Waals surface area contributed by atoms with Crippen molar-refractivity contribution in [1.82, 2.24) is 9.55 Å². The number of hydrogen-bond donors (Lipinski definition) is 3. The molecule has 2 aromatic rings. The molecule has 130 valence electrons. The Hall–Kier alpha value is -1.93. The number of benzene rings is 1. The minimum atomic E-state index is -4.52. The van der Waals surface area contributed by atoms with E-state index in [0.717, 1.165) is 15.8 Å². The van der Waals surface area contributed by atoms with Crippen LogP contribution < -0.4 is 16.0 Å². The number of nitrogens with zero attached hydrogens (tertiary/aromatic N) is 2. The van der Waals surface area contributed by atoms with Crippen LogP contribution in [0.15, 0.2) is 21.7 Å². The smallest absolute Gasteiger partial charge is 0.345 e. The molecule has 1 aromatic carbocycles. The maximum Gasteiger partial charge on any atom is 0.345 e. The number of aromatic nitrogens is 2. The van der Waals surface area contributed by atoms with Crippen molar-refractivity contribution in [3.05, 3.63) is 38.4 Å². The Bertz CT molecular complexity index is 938. The van der Waals surface area contributed by atoms with E-state index in [9.17, 15) is 23.9 Å². The lowest BCUT2D eigenvalue weighted by Crippen LogP contribution is -2.38. The number of hydrogen-bond acceptors (Lipinski definition) is 5. The largest absolute Gasteiger partial charge is 0.378 e. The van der Waals surface area contributed by atoms with Crippen molar-refractivity contribution in [1.29, 1.82) is 0 Å². The maximum atomic E-state index is 12.1. The van der Waals surface area contributed by atoms with E-state index in [-0.39, 0.29) is 5.52 Å². The van der Waals surface area contributed by atoms with Crippen molar-refractivity contribution in [3.63, 3.8) is 0 Å². The van der Waals surface area contributed by atoms with Crippen molar-refractivity contribution in [2.45, 2.75) is 13.2 Å². The molecule has 0 unspecified atom stereocenters. The molecular weight excluding hydrogens is 337 g/mol. The predicted octanol–water partition coefficient (Wildman–Crippen LogP) is -0.0300. The second-order valence-electron chi connectivity index (χ2n) is 5.75. The first kappa shape index (κ1) is 16.9. The third-order valence-corrected chi connectivity index (χ3v) is 4.62. The predicted molar refractivity (Wildman–Crippen MR) is 88.6 cm³/mol. The third kappa shape index (κ3) is 3.29. The van der Waals surface area contributed by atoms with Gasteiger partial charge in [0.25, 0.3) is 0 Å². The van der Waals surface area contributed by atoms with E-state index in [1.54, 1.807) is 12.1 Å². The molecule has 0 spiro atoms. The summed E-state index contributed by atoms with van der Waals surface area (Å²) in [6.45, 7) is 4.40. The third-order valence-electron chi connectivity index (χ3n) is 3.97. The van der Waals surface area contributed by atoms with Crippen LogP contribution in [0.5, 0.6) is 0 Å². The number of rotatable bonds is 3. The molecule has 2 heterocycles. The Morgan fingerprint density at radius 1 is 1.25 bits per heavy atom. The van der Waals surface area contributed by atoms with Gasteiger partial charge in [0.15, 0.2) is 0 Å². The first-order valence-corrected chi connectivity index (χ1v) is 9.21. The summed E-state index contributed by atoms with van der Waals surface area (Å²) >= 11 is 0. The van der Waals surface area contributed by atoms with Gasteiger partial charge >= 0.3 is 18.7 Å². The molecule has 0 atom stereocenters. The number of fused-ring (bicyclic) bond motifs is 1. The summed E-state index contributed by atoms with van der Waals surface area (Å²) in [5.74, 6) is 0. The number of H-pyrrole nitrogens is 1. The van der Waals surface area contributed by atoms with Gasteiger partial charge in [-0.1, -0.05) is 0 Å². The van der Waals surface area contributed by atoms with Crippen LogP contribution in [0, 0.1) is 6.92 Å². The highest BCUT2D eigenvalue weighted by atomic mass is 31.2. The summed E-state index contributed by atoms with van der Waals surface area (Å²) in [5.41, 5.74) is 0.493. The van der Waals surface area contributed by atoms with E-state index in [1.165, 1.54) is 0 Å². The molecule has 0 bridgehead atoms. The van der Waals surface area contributed by atoms with Gasteiger partial charge in [-0.2, -0.15) is 0 Å². The quantitative estimate of drug-likeness (QED) is 0.521. The van der Waals surface area contributed by atoms with Crippen LogP contribution in [0.25, 0.3) is 11.0 Å². The fraction of sp³-hybridized carbons (Fsp3) is 0.429. The van der Waals surface area contributed by atoms with E-state index >= 15 is 0 Å². The second kappa shape index (κ2) is 6.18. The monoisotopic (exact) mass is 355 g/mol. The second-order valence-corrected chi connectivity index (χ2v) is 7.36. The number of ether oxygens (including phenoxy) is 1. The van der Waals surface area contributed by atoms with Gasteiger partial charge in [-0.3, -0.25) is 18.7 Å². The highest BCUT2D eigenvalue weighted by Gasteiger charge is 2.21. The van der Waals surface area contributed by atoms with Crippen LogP contribution in [-0.2, 0) is 15.6 Å². The van der Waals surface area contributed by atoms with Crippen molar-refractivity contribution >= 4 is 24.3 Å². The van der Waals surface area contributed by atoms with E-state index in [2.05, 4.69) is 9.88 Å². The molecule has 10 heteroatoms. The van der Waals surface area contributed by atoms with Crippen LogP contribution >= 0.6 is 7.60 Å². The van der Waals surface area contributed by atoms with E-state index < -0.39 is 25.0 Å². The van der Waals surface area contributed by atoms with Gasteiger partial charge in [-0.25, -0.2) is 0 Å². The zero-order valence-electron chi connectivity index (χ0n) is 13.1. The summed E-state index contributed by atoms with van der Waals surface area (Å²) in [7, 11) is -4.52. The Labute approximate surface area is 136 Å². The topological polar surface area (TPSA) is 125 Å². The highest BCUT2D eigenvalue weighted by molar-refractivity contribution is 7.50. The van der Waals surface area contributed by atoms with Gasteiger partial charge in [-0.15, -0.1) is 0 Å². The average Bonchev–Trinajstić information content (AvgIpc) is 2.51. The summed E-state index contributed by atoms with van der Waals surface area (Å²) in [4.78, 5) is 46.9. The molecule has 3 rings (SSSR count). The van der Waals surface area contributed by atoms with Crippen LogP contribution in [0.2, 0.25) is 0 Å². The lowest BCUT2D eigenvalue weighted by molar-refractivity contribution is 0.122. The van der Waals surface area contributed by atoms with E-state index in [4.69, 9.17) is 4.74 Å². The van der Waals surface area contributed by atoms with Gasteiger partial charge in [0, 0.05) is 18.8 Å². The lowest BCUT2D eigenvalue weighted by Gasteiger charge is -2.30. The van der Waals surface area contributed by atoms with Crippen LogP contribution in [-0.4, -0.2) is 45.6 Å². The normalized spacial score (nSPS) is 15.9. The first-order valence-electron chi connectivity index (χ1n) is 7.41. The molecule has 0 radical (unpaired) electrons. The van der Waals surface area contributed by atoms with Gasteiger partial charge in [0.2, 0.25) is 0 Å². The van der Waals surface area contributed by atoms with E-state index in [0.29, 0.717) is 31.8 Å². The minimum absolute atomic E-state index is 0.287. The van der Waals surface area contributed by atoms with Crippen molar-refractivity contribution in [2.24, 2.45) is 0 Å². The minimum Gasteiger partial charge on any atom is -0.378 e. The summed E-state index contributed by atoms with van der Waals surface area (Å²) in [5, 5.41) is 0. The number of nitrogens with one attached hydrogen (secondary N) is 1. The summed E-state index contributed by atoms with van der Waals surface area (Å²) in [6.07, 6.45) is -0.835. The highest BCUT2D eigenvalue weighted by Crippen LogP contribution is 2.37. The molecule has 1 aromatic heterocycles. The van der Waals surface area contributed by atoms with Crippen molar-refractivity contribution in [2.75, 3.05) is 31.2 Å². The first-order chi connectivity index (χ1) is 11.3. The molecule has 9 nitrogen and oxygen atoms in total. The molecule has 0 aliphatic carbocycles. The number of morpholine rings is 1. The van der Waals surface area contributed by atoms with Gasteiger partial charge in [0.1, 0.15) is 6.29 Å². The molecule has 1 saturated heterocycles. The van der Waals surface area contributed by atoms with Crippen LogP contribution in [0.1, 0.15) is 5.56 Å². The molecule has 1 aliphatic rings. The fourth-order valence-corrected chi connectivity index (χ4v) is 3.54. The Morgan fingerprint density at radius 2 is 1.92 bits per heavy atom. The van der Waals surface area contributed by atoms with Gasteiger partial charge in [0.05, 0.1) is 24.2 Å². The zero-order chi connectivity index (χ0) is 17.5. The summed E-state index contributed by atoms with van der Waals surface area (Å²) < 4.78 is 17.5. The SMILES string of the molecule is Cc1cc2[nH]c(=O)c(=O)n(CP(=O)(O)O)c2cc1N1CCOCC1. The molecule has 0 amide bonds. The zero-order valence-corrected chi connectivity index (χ0v) is 14.0. The Balaban J connectivity index is 2.24. The van der Waals surface area contributed by atoms with E-state index in [1.807, 2.05) is 6.92 Å². The molecule has 24 heavy (non-hydrogen) atoms. The van der Waals surface area contributed by atoms with Crippen LogP contribution in [0.4, 0.5) is 5.69 Å². The van der Waals surface area contributed by atoms with Crippen LogP contribution in [0.3, 0.4) is 0 Å².